The molecule has 0 atom stereocenters. The van der Waals surface area contributed by atoms with Crippen LogP contribution < -0.4 is 5.46 Å². The van der Waals surface area contributed by atoms with Crippen molar-refractivity contribution in [2.45, 2.75) is 0 Å². The van der Waals surface area contributed by atoms with Crippen LogP contribution in [0.3, 0.4) is 0 Å². The minimum absolute atomic E-state index is 0.116. The summed E-state index contributed by atoms with van der Waals surface area (Å²) in [6.07, 6.45) is 1.01. The van der Waals surface area contributed by atoms with E-state index < -0.39 is 12.4 Å². The maximum Gasteiger partial charge on any atom is 0.511 e. The summed E-state index contributed by atoms with van der Waals surface area (Å²) in [5.74, 6) is 0. The van der Waals surface area contributed by atoms with Crippen LogP contribution in [0.25, 0.3) is 11.1 Å². The molecule has 0 unspecified atom stereocenters. The first kappa shape index (κ1) is 8.16. The van der Waals surface area contributed by atoms with Crippen LogP contribution in [0.2, 0.25) is 0 Å². The molecule has 0 aliphatic rings. The Kier molecular flexibility index (Phi) is 1.58. The fourth-order valence-corrected chi connectivity index (χ4v) is 1.17. The second-order valence-corrected chi connectivity index (χ2v) is 2.62. The van der Waals surface area contributed by atoms with Crippen molar-refractivity contribution in [3.63, 3.8) is 0 Å². The minimum Gasteiger partial charge on any atom is -0.445 e. The number of para-hydroxylation sites is 1. The zero-order valence-electron chi connectivity index (χ0n) is 6.38. The SMILES string of the molecule is F[B-](F)(F)c1cccc2ocnc12. The number of benzene rings is 1. The van der Waals surface area contributed by atoms with E-state index in [4.69, 9.17) is 4.42 Å². The quantitative estimate of drug-likeness (QED) is 0.635. The number of fused-ring (bicyclic) bond motifs is 1. The molecule has 2 rings (SSSR count). The Hall–Kier alpha value is -1.46. The Balaban J connectivity index is 2.75. The fraction of sp³-hybridized carbons (Fsp3) is 0. The van der Waals surface area contributed by atoms with Gasteiger partial charge in [-0.25, -0.2) is 4.98 Å². The monoisotopic (exact) mass is 186 g/mol. The number of hydrogen-bond acceptors (Lipinski definition) is 2. The van der Waals surface area contributed by atoms with Crippen LogP contribution in [0, 0.1) is 0 Å². The van der Waals surface area contributed by atoms with Crippen LogP contribution in [-0.2, 0) is 0 Å². The lowest BCUT2D eigenvalue weighted by molar-refractivity contribution is 0.501. The van der Waals surface area contributed by atoms with Gasteiger partial charge in [-0.3, -0.25) is 0 Å². The van der Waals surface area contributed by atoms with Gasteiger partial charge in [-0.15, -0.1) is 0 Å². The highest BCUT2D eigenvalue weighted by Gasteiger charge is 2.28. The highest BCUT2D eigenvalue weighted by molar-refractivity contribution is 6.75. The zero-order chi connectivity index (χ0) is 9.47. The maximum absolute atomic E-state index is 12.4. The number of oxazole rings is 1. The van der Waals surface area contributed by atoms with Crippen LogP contribution in [0.4, 0.5) is 12.9 Å². The van der Waals surface area contributed by atoms with Crippen LogP contribution in [0.1, 0.15) is 0 Å². The lowest BCUT2D eigenvalue weighted by Crippen LogP contribution is -2.34. The van der Waals surface area contributed by atoms with Gasteiger partial charge in [-0.1, -0.05) is 17.6 Å². The van der Waals surface area contributed by atoms with E-state index in [9.17, 15) is 12.9 Å². The Morgan fingerprint density at radius 1 is 1.23 bits per heavy atom. The molecule has 0 aliphatic heterocycles. The molecule has 13 heavy (non-hydrogen) atoms. The van der Waals surface area contributed by atoms with E-state index in [1.165, 1.54) is 12.1 Å². The lowest BCUT2D eigenvalue weighted by Gasteiger charge is -2.14. The molecule has 2 nitrogen and oxygen atoms in total. The van der Waals surface area contributed by atoms with E-state index in [0.29, 0.717) is 0 Å². The summed E-state index contributed by atoms with van der Waals surface area (Å²) in [7, 11) is 0. The van der Waals surface area contributed by atoms with Crippen molar-refractivity contribution in [2.75, 3.05) is 0 Å². The average molecular weight is 186 g/mol. The molecular formula is C7H4BF3NO-. The number of aromatic nitrogens is 1. The molecule has 0 radical (unpaired) electrons. The van der Waals surface area contributed by atoms with Crippen LogP contribution >= 0.6 is 0 Å². The first-order valence-corrected chi connectivity index (χ1v) is 3.61. The Labute approximate surface area is 71.4 Å². The molecule has 6 heteroatoms. The summed E-state index contributed by atoms with van der Waals surface area (Å²) in [6.45, 7) is -5.01. The van der Waals surface area contributed by atoms with Crippen LogP contribution in [0.5, 0.6) is 0 Å². The van der Waals surface area contributed by atoms with Gasteiger partial charge in [0.1, 0.15) is 0 Å². The largest absolute Gasteiger partial charge is 0.511 e. The van der Waals surface area contributed by atoms with Gasteiger partial charge in [0.05, 0.1) is 5.52 Å². The Bertz CT molecular complexity index is 436. The second-order valence-electron chi connectivity index (χ2n) is 2.62. The van der Waals surface area contributed by atoms with Gasteiger partial charge in [0.15, 0.2) is 12.0 Å². The van der Waals surface area contributed by atoms with Crippen molar-refractivity contribution in [2.24, 2.45) is 0 Å². The van der Waals surface area contributed by atoms with Crippen LogP contribution in [-0.4, -0.2) is 12.0 Å². The van der Waals surface area contributed by atoms with Crippen molar-refractivity contribution in [1.82, 2.24) is 4.98 Å². The zero-order valence-corrected chi connectivity index (χ0v) is 6.38. The fourth-order valence-electron chi connectivity index (χ4n) is 1.17. The van der Waals surface area contributed by atoms with E-state index >= 15 is 0 Å². The number of nitrogens with zero attached hydrogens (tertiary/aromatic N) is 1. The Morgan fingerprint density at radius 3 is 2.69 bits per heavy atom. The summed E-state index contributed by atoms with van der Waals surface area (Å²) in [4.78, 5) is 3.51. The van der Waals surface area contributed by atoms with E-state index in [0.717, 1.165) is 12.5 Å². The second kappa shape index (κ2) is 2.51. The minimum atomic E-state index is -5.01. The third-order valence-electron chi connectivity index (χ3n) is 1.74. The van der Waals surface area contributed by atoms with Gasteiger partial charge in [0, 0.05) is 0 Å². The molecule has 0 saturated heterocycles. The molecule has 1 aromatic carbocycles. The molecular weight excluding hydrogens is 182 g/mol. The van der Waals surface area contributed by atoms with Crippen molar-refractivity contribution in [1.29, 1.82) is 0 Å². The molecule has 1 aromatic heterocycles. The summed E-state index contributed by atoms with van der Waals surface area (Å²) in [6, 6.07) is 3.76. The topological polar surface area (TPSA) is 26.0 Å². The molecule has 0 spiro atoms. The van der Waals surface area contributed by atoms with Gasteiger partial charge in [-0.05, 0) is 6.07 Å². The Morgan fingerprint density at radius 2 is 2.00 bits per heavy atom. The molecule has 0 aliphatic carbocycles. The molecule has 0 N–H and O–H groups in total. The standard InChI is InChI=1S/C7H4BF3NO/c9-8(10,11)5-2-1-3-6-7(5)12-4-13-6/h1-4H/q-1. The molecule has 68 valence electrons. The van der Waals surface area contributed by atoms with Gasteiger partial charge < -0.3 is 17.4 Å². The molecule has 1 heterocycles. The van der Waals surface area contributed by atoms with E-state index in [-0.39, 0.29) is 11.1 Å². The third-order valence-corrected chi connectivity index (χ3v) is 1.74. The third kappa shape index (κ3) is 1.28. The molecule has 2 aromatic rings. The van der Waals surface area contributed by atoms with Gasteiger partial charge in [0.25, 0.3) is 0 Å². The van der Waals surface area contributed by atoms with Crippen molar-refractivity contribution in [3.05, 3.63) is 24.6 Å². The number of hydrogen-bond donors (Lipinski definition) is 0. The average Bonchev–Trinajstić information content (AvgIpc) is 2.48. The predicted molar refractivity (Wildman–Crippen MR) is 42.7 cm³/mol. The predicted octanol–water partition coefficient (Wildman–Crippen LogP) is 1.88. The summed E-state index contributed by atoms with van der Waals surface area (Å²) >= 11 is 0. The highest BCUT2D eigenvalue weighted by Crippen LogP contribution is 2.16. The van der Waals surface area contributed by atoms with Gasteiger partial charge >= 0.3 is 6.98 Å². The summed E-state index contributed by atoms with van der Waals surface area (Å²) in [5, 5.41) is 0. The van der Waals surface area contributed by atoms with Crippen molar-refractivity contribution >= 4 is 23.5 Å². The molecule has 0 saturated carbocycles. The van der Waals surface area contributed by atoms with Gasteiger partial charge in [0.2, 0.25) is 0 Å². The van der Waals surface area contributed by atoms with E-state index in [1.54, 1.807) is 0 Å². The van der Waals surface area contributed by atoms with Crippen LogP contribution in [0.15, 0.2) is 29.0 Å². The maximum atomic E-state index is 12.4. The summed E-state index contributed by atoms with van der Waals surface area (Å²) < 4.78 is 41.9. The molecule has 0 bridgehead atoms. The highest BCUT2D eigenvalue weighted by atomic mass is 19.4. The molecule has 0 fully saturated rings. The summed E-state index contributed by atoms with van der Waals surface area (Å²) in [5.41, 5.74) is -0.655. The number of halogens is 3. The lowest BCUT2D eigenvalue weighted by atomic mass is 9.79. The van der Waals surface area contributed by atoms with E-state index in [2.05, 4.69) is 4.98 Å². The van der Waals surface area contributed by atoms with Gasteiger partial charge in [-0.2, -0.15) is 0 Å². The van der Waals surface area contributed by atoms with Crippen molar-refractivity contribution in [3.8, 4) is 0 Å². The first-order valence-electron chi connectivity index (χ1n) is 3.61. The smallest absolute Gasteiger partial charge is 0.445 e. The van der Waals surface area contributed by atoms with E-state index in [1.807, 2.05) is 0 Å². The number of rotatable bonds is 1. The normalized spacial score (nSPS) is 12.2. The molecule has 0 amide bonds. The first-order chi connectivity index (χ1) is 6.09. The van der Waals surface area contributed by atoms with Crippen molar-refractivity contribution < 1.29 is 17.4 Å².